The number of carbonyl (C=O) groups excluding carboxylic acids is 3. The van der Waals surface area contributed by atoms with E-state index in [0.29, 0.717) is 33.0 Å². The van der Waals surface area contributed by atoms with Crippen molar-refractivity contribution < 1.29 is 23.9 Å². The van der Waals surface area contributed by atoms with Gasteiger partial charge in [0, 0.05) is 10.6 Å². The fourth-order valence-electron chi connectivity index (χ4n) is 4.82. The van der Waals surface area contributed by atoms with Gasteiger partial charge in [0.05, 0.1) is 36.0 Å². The summed E-state index contributed by atoms with van der Waals surface area (Å²) in [5.41, 5.74) is 2.26. The summed E-state index contributed by atoms with van der Waals surface area (Å²) in [6, 6.07) is 11.1. The van der Waals surface area contributed by atoms with Crippen molar-refractivity contribution in [3.8, 4) is 11.4 Å². The number of nitrogens with zero attached hydrogens (tertiary/aromatic N) is 3. The van der Waals surface area contributed by atoms with Gasteiger partial charge in [-0.3, -0.25) is 14.2 Å². The minimum Gasteiger partial charge on any atom is -0.494 e. The van der Waals surface area contributed by atoms with Gasteiger partial charge in [-0.1, -0.05) is 24.2 Å². The molecule has 1 aliphatic carbocycles. The Morgan fingerprint density at radius 1 is 1.02 bits per heavy atom. The van der Waals surface area contributed by atoms with Crippen LogP contribution in [0.4, 0.5) is 5.00 Å². The molecule has 0 saturated carbocycles. The fourth-order valence-corrected chi connectivity index (χ4v) is 7.53. The van der Waals surface area contributed by atoms with E-state index in [-0.39, 0.29) is 30.7 Å². The van der Waals surface area contributed by atoms with Gasteiger partial charge in [-0.25, -0.2) is 4.79 Å². The maximum atomic E-state index is 13.2. The predicted octanol–water partition coefficient (Wildman–Crippen LogP) is 5.90. The Hall–Kier alpha value is -3.68. The largest absolute Gasteiger partial charge is 0.494 e. The van der Waals surface area contributed by atoms with Gasteiger partial charge >= 0.3 is 5.97 Å². The second-order valence-corrected chi connectivity index (χ2v) is 12.6. The number of aryl methyl sites for hydroxylation is 1. The van der Waals surface area contributed by atoms with Gasteiger partial charge in [0.2, 0.25) is 5.91 Å². The molecule has 0 saturated heterocycles. The molecular formula is C30H33N5O5S3. The first kappa shape index (κ1) is 30.8. The molecular weight excluding hydrogens is 607 g/mol. The number of amides is 2. The van der Waals surface area contributed by atoms with Gasteiger partial charge in [0.1, 0.15) is 10.8 Å². The molecule has 3 heterocycles. The van der Waals surface area contributed by atoms with E-state index in [1.54, 1.807) is 13.0 Å². The zero-order valence-corrected chi connectivity index (χ0v) is 26.5. The van der Waals surface area contributed by atoms with Crippen molar-refractivity contribution in [3.05, 3.63) is 68.5 Å². The van der Waals surface area contributed by atoms with E-state index >= 15 is 0 Å². The normalized spacial score (nSPS) is 12.7. The molecule has 0 unspecified atom stereocenters. The van der Waals surface area contributed by atoms with Crippen molar-refractivity contribution in [3.63, 3.8) is 0 Å². The smallest absolute Gasteiger partial charge is 0.341 e. The van der Waals surface area contributed by atoms with E-state index in [0.717, 1.165) is 54.0 Å². The topological polar surface area (TPSA) is 124 Å². The van der Waals surface area contributed by atoms with Crippen molar-refractivity contribution in [1.82, 2.24) is 20.1 Å². The molecule has 0 radical (unpaired) electrons. The lowest BCUT2D eigenvalue weighted by molar-refractivity contribution is -0.113. The number of nitrogens with one attached hydrogen (secondary N) is 2. The number of thiophene rings is 2. The average molecular weight is 640 g/mol. The summed E-state index contributed by atoms with van der Waals surface area (Å²) in [5, 5.41) is 17.4. The number of hydrogen-bond acceptors (Lipinski definition) is 10. The summed E-state index contributed by atoms with van der Waals surface area (Å²) in [4.78, 5) is 40.4. The van der Waals surface area contributed by atoms with Crippen LogP contribution in [-0.2, 0) is 28.9 Å². The van der Waals surface area contributed by atoms with E-state index in [1.165, 1.54) is 34.4 Å². The van der Waals surface area contributed by atoms with Crippen LogP contribution in [-0.4, -0.2) is 51.5 Å². The molecule has 0 spiro atoms. The maximum Gasteiger partial charge on any atom is 0.341 e. The summed E-state index contributed by atoms with van der Waals surface area (Å²) in [5.74, 6) is 0.434. The molecule has 0 aliphatic heterocycles. The van der Waals surface area contributed by atoms with Gasteiger partial charge < -0.3 is 20.1 Å². The second kappa shape index (κ2) is 14.7. The molecule has 13 heteroatoms. The van der Waals surface area contributed by atoms with Gasteiger partial charge in [-0.15, -0.1) is 32.9 Å². The van der Waals surface area contributed by atoms with Crippen molar-refractivity contribution in [1.29, 1.82) is 0 Å². The van der Waals surface area contributed by atoms with Gasteiger partial charge in [-0.2, -0.15) is 0 Å². The lowest BCUT2D eigenvalue weighted by Crippen LogP contribution is -2.24. The quantitative estimate of drug-likeness (QED) is 0.112. The van der Waals surface area contributed by atoms with Crippen LogP contribution in [0.15, 0.2) is 46.9 Å². The first-order valence-corrected chi connectivity index (χ1v) is 16.9. The molecule has 0 fully saturated rings. The predicted molar refractivity (Wildman–Crippen MR) is 169 cm³/mol. The third-order valence-corrected chi connectivity index (χ3v) is 9.75. The van der Waals surface area contributed by atoms with Gasteiger partial charge in [-0.05, 0) is 80.8 Å². The third kappa shape index (κ3) is 7.46. The monoisotopic (exact) mass is 639 g/mol. The van der Waals surface area contributed by atoms with Crippen molar-refractivity contribution in [2.75, 3.05) is 24.3 Å². The Balaban J connectivity index is 1.34. The van der Waals surface area contributed by atoms with Crippen LogP contribution in [0, 0.1) is 0 Å². The molecule has 3 aromatic heterocycles. The number of hydrogen-bond donors (Lipinski definition) is 2. The van der Waals surface area contributed by atoms with Gasteiger partial charge in [0.15, 0.2) is 11.0 Å². The van der Waals surface area contributed by atoms with Crippen LogP contribution in [0.3, 0.4) is 0 Å². The van der Waals surface area contributed by atoms with E-state index in [1.807, 2.05) is 47.2 Å². The fraction of sp³-hybridized carbons (Fsp3) is 0.367. The van der Waals surface area contributed by atoms with Crippen molar-refractivity contribution >= 4 is 57.2 Å². The molecule has 0 bridgehead atoms. The number of carbonyl (C=O) groups is 3. The average Bonchev–Trinajstić information content (AvgIpc) is 3.72. The summed E-state index contributed by atoms with van der Waals surface area (Å²) in [6.45, 7) is 4.66. The minimum atomic E-state index is -0.394. The number of benzene rings is 1. The number of esters is 1. The summed E-state index contributed by atoms with van der Waals surface area (Å²) >= 11 is 4.05. The first-order valence-electron chi connectivity index (χ1n) is 14.2. The second-order valence-electron chi connectivity index (χ2n) is 9.65. The van der Waals surface area contributed by atoms with Crippen LogP contribution in [0.25, 0.3) is 5.69 Å². The Kier molecular flexibility index (Phi) is 10.5. The first-order chi connectivity index (χ1) is 21.0. The van der Waals surface area contributed by atoms with E-state index in [2.05, 4.69) is 20.8 Å². The number of rotatable bonds is 12. The molecule has 4 aromatic rings. The summed E-state index contributed by atoms with van der Waals surface area (Å²) in [6.07, 6.45) is 4.90. The van der Waals surface area contributed by atoms with E-state index in [9.17, 15) is 14.4 Å². The molecule has 5 rings (SSSR count). The number of aromatic nitrogens is 3. The summed E-state index contributed by atoms with van der Waals surface area (Å²) < 4.78 is 12.8. The molecule has 2 N–H and O–H groups in total. The SMILES string of the molecule is CCOC(=O)c1c(NC(=O)CSc2nnc(CNC(=O)c3cccs3)n2-c2ccc(OCC)cc2)sc2c1CCCCC2. The van der Waals surface area contributed by atoms with Gasteiger partial charge in [0.25, 0.3) is 5.91 Å². The highest BCUT2D eigenvalue weighted by Gasteiger charge is 2.27. The van der Waals surface area contributed by atoms with Crippen LogP contribution >= 0.6 is 34.4 Å². The highest BCUT2D eigenvalue weighted by molar-refractivity contribution is 7.99. The zero-order chi connectivity index (χ0) is 30.2. The van der Waals surface area contributed by atoms with E-state index in [4.69, 9.17) is 9.47 Å². The number of ether oxygens (including phenoxy) is 2. The molecule has 1 aliphatic rings. The highest BCUT2D eigenvalue weighted by Crippen LogP contribution is 2.38. The number of fused-ring (bicyclic) bond motifs is 1. The third-order valence-electron chi connectivity index (χ3n) is 6.74. The molecule has 1 aromatic carbocycles. The van der Waals surface area contributed by atoms with Crippen molar-refractivity contribution in [2.24, 2.45) is 0 Å². The lowest BCUT2D eigenvalue weighted by atomic mass is 10.1. The standard InChI is InChI=1S/C30H33N5O5S3/c1-3-39-20-14-12-19(13-15-20)35-24(17-31-27(37)23-11-8-16-41-23)33-34-30(35)42-18-25(36)32-28-26(29(38)40-4-2)21-9-6-5-7-10-22(21)43-28/h8,11-16H,3-7,9-10,17-18H2,1-2H3,(H,31,37)(H,32,36). The molecule has 2 amide bonds. The molecule has 226 valence electrons. The minimum absolute atomic E-state index is 0.0432. The zero-order valence-electron chi connectivity index (χ0n) is 24.0. The van der Waals surface area contributed by atoms with Crippen LogP contribution < -0.4 is 15.4 Å². The van der Waals surface area contributed by atoms with E-state index < -0.39 is 5.97 Å². The highest BCUT2D eigenvalue weighted by atomic mass is 32.2. The molecule has 43 heavy (non-hydrogen) atoms. The van der Waals surface area contributed by atoms with Crippen LogP contribution in [0.5, 0.6) is 5.75 Å². The van der Waals surface area contributed by atoms with Crippen LogP contribution in [0.1, 0.15) is 69.4 Å². The number of anilines is 1. The van der Waals surface area contributed by atoms with Crippen LogP contribution in [0.2, 0.25) is 0 Å². The molecule has 0 atom stereocenters. The Morgan fingerprint density at radius 2 is 1.84 bits per heavy atom. The maximum absolute atomic E-state index is 13.2. The van der Waals surface area contributed by atoms with Crippen molar-refractivity contribution in [2.45, 2.75) is 57.7 Å². The Bertz CT molecular complexity index is 1560. The molecule has 10 nitrogen and oxygen atoms in total. The summed E-state index contributed by atoms with van der Waals surface area (Å²) in [7, 11) is 0. The Morgan fingerprint density at radius 3 is 2.58 bits per heavy atom. The Labute approximate surface area is 262 Å². The lowest BCUT2D eigenvalue weighted by Gasteiger charge is -2.12. The number of thioether (sulfide) groups is 1.